The van der Waals surface area contributed by atoms with Crippen molar-refractivity contribution in [3.8, 4) is 11.1 Å². The minimum Gasteiger partial charge on any atom is -0.380 e. The molecule has 0 fully saturated rings. The van der Waals surface area contributed by atoms with Gasteiger partial charge in [0.15, 0.2) is 0 Å². The van der Waals surface area contributed by atoms with Crippen LogP contribution in [0.4, 0.5) is 0 Å². The fourth-order valence-corrected chi connectivity index (χ4v) is 2.55. The van der Waals surface area contributed by atoms with Crippen LogP contribution in [0.3, 0.4) is 0 Å². The first-order valence-corrected chi connectivity index (χ1v) is 7.01. The lowest BCUT2D eigenvalue weighted by Gasteiger charge is -2.21. The lowest BCUT2D eigenvalue weighted by molar-refractivity contribution is 0.734. The van der Waals surface area contributed by atoms with Gasteiger partial charge in [-0.05, 0) is 47.7 Å². The van der Waals surface area contributed by atoms with Gasteiger partial charge >= 0.3 is 0 Å². The molecular formula is C19H19N. The fraction of sp³-hybridized carbons (Fsp3) is 0.158. The van der Waals surface area contributed by atoms with Crippen LogP contribution in [-0.4, -0.2) is 0 Å². The maximum atomic E-state index is 3.46. The van der Waals surface area contributed by atoms with Crippen molar-refractivity contribution < 1.29 is 0 Å². The molecule has 0 aliphatic carbocycles. The number of hydrogen-bond acceptors (Lipinski definition) is 1. The van der Waals surface area contributed by atoms with Crippen molar-refractivity contribution in [1.82, 2.24) is 5.32 Å². The largest absolute Gasteiger partial charge is 0.380 e. The van der Waals surface area contributed by atoms with E-state index < -0.39 is 0 Å². The number of nitrogens with one attached hydrogen (secondary N) is 1. The minimum absolute atomic E-state index is 0.266. The summed E-state index contributed by atoms with van der Waals surface area (Å²) in [7, 11) is 0. The van der Waals surface area contributed by atoms with Crippen LogP contribution in [0.1, 0.15) is 24.1 Å². The molecule has 0 bridgehead atoms. The van der Waals surface area contributed by atoms with E-state index in [1.807, 2.05) is 0 Å². The van der Waals surface area contributed by atoms with Crippen molar-refractivity contribution in [1.29, 1.82) is 0 Å². The maximum Gasteiger partial charge on any atom is 0.0698 e. The van der Waals surface area contributed by atoms with Gasteiger partial charge in [0.05, 0.1) is 6.04 Å². The van der Waals surface area contributed by atoms with Gasteiger partial charge in [-0.25, -0.2) is 0 Å². The molecule has 1 unspecified atom stereocenters. The van der Waals surface area contributed by atoms with E-state index in [0.29, 0.717) is 0 Å². The summed E-state index contributed by atoms with van der Waals surface area (Å²) in [5.74, 6) is 0. The molecule has 0 radical (unpaired) electrons. The third-order valence-corrected chi connectivity index (χ3v) is 3.76. The Morgan fingerprint density at radius 3 is 2.40 bits per heavy atom. The van der Waals surface area contributed by atoms with E-state index in [-0.39, 0.29) is 6.04 Å². The zero-order chi connectivity index (χ0) is 13.9. The van der Waals surface area contributed by atoms with Gasteiger partial charge < -0.3 is 5.32 Å². The molecule has 1 aliphatic rings. The number of hydrogen-bond donors (Lipinski definition) is 1. The molecule has 1 aliphatic heterocycles. The van der Waals surface area contributed by atoms with E-state index >= 15 is 0 Å². The van der Waals surface area contributed by atoms with Crippen molar-refractivity contribution in [2.24, 2.45) is 0 Å². The molecule has 0 saturated carbocycles. The van der Waals surface area contributed by atoms with Crippen LogP contribution < -0.4 is 5.32 Å². The number of dihydropyridines is 1. The average Bonchev–Trinajstić information content (AvgIpc) is 2.50. The second-order valence-corrected chi connectivity index (χ2v) is 5.33. The first kappa shape index (κ1) is 12.7. The van der Waals surface area contributed by atoms with Gasteiger partial charge in [-0.15, -0.1) is 0 Å². The standard InChI is InChI=1S/C19H19N/c1-14-8-11-19(20-13-14)18-12-17(10-9-15(18)2)16-6-4-3-5-7-16/h3-13,19-20H,1-2H3. The van der Waals surface area contributed by atoms with E-state index in [4.69, 9.17) is 0 Å². The van der Waals surface area contributed by atoms with Gasteiger partial charge in [-0.1, -0.05) is 54.6 Å². The SMILES string of the molecule is CC1=CNC(c2cc(-c3ccccc3)ccc2C)C=C1. The second kappa shape index (κ2) is 5.38. The Hall–Kier alpha value is -2.28. The Kier molecular flexibility index (Phi) is 3.42. The lowest BCUT2D eigenvalue weighted by Crippen LogP contribution is -2.17. The third kappa shape index (κ3) is 2.53. The summed E-state index contributed by atoms with van der Waals surface area (Å²) in [5.41, 5.74) is 6.46. The first-order chi connectivity index (χ1) is 9.74. The van der Waals surface area contributed by atoms with Crippen molar-refractivity contribution >= 4 is 0 Å². The van der Waals surface area contributed by atoms with Crippen LogP contribution in [0, 0.1) is 6.92 Å². The molecule has 20 heavy (non-hydrogen) atoms. The van der Waals surface area contributed by atoms with Crippen LogP contribution in [-0.2, 0) is 0 Å². The lowest BCUT2D eigenvalue weighted by atomic mass is 9.94. The highest BCUT2D eigenvalue weighted by atomic mass is 14.9. The van der Waals surface area contributed by atoms with Gasteiger partial charge in [0.25, 0.3) is 0 Å². The summed E-state index contributed by atoms with van der Waals surface area (Å²) in [4.78, 5) is 0. The normalized spacial score (nSPS) is 17.5. The summed E-state index contributed by atoms with van der Waals surface area (Å²) >= 11 is 0. The van der Waals surface area contributed by atoms with Crippen LogP contribution in [0.25, 0.3) is 11.1 Å². The van der Waals surface area contributed by atoms with Crippen molar-refractivity contribution in [3.05, 3.63) is 83.6 Å². The first-order valence-electron chi connectivity index (χ1n) is 7.01. The predicted molar refractivity (Wildman–Crippen MR) is 85.4 cm³/mol. The number of benzene rings is 2. The van der Waals surface area contributed by atoms with Gasteiger partial charge in [-0.2, -0.15) is 0 Å². The third-order valence-electron chi connectivity index (χ3n) is 3.76. The predicted octanol–water partition coefficient (Wildman–Crippen LogP) is 4.77. The fourth-order valence-electron chi connectivity index (χ4n) is 2.55. The van der Waals surface area contributed by atoms with Gasteiger partial charge in [0, 0.05) is 6.20 Å². The van der Waals surface area contributed by atoms with Crippen LogP contribution in [0.15, 0.2) is 72.5 Å². The minimum atomic E-state index is 0.266. The molecule has 0 amide bonds. The number of allylic oxidation sites excluding steroid dienone is 2. The topological polar surface area (TPSA) is 12.0 Å². The summed E-state index contributed by atoms with van der Waals surface area (Å²) in [6.07, 6.45) is 6.49. The van der Waals surface area contributed by atoms with E-state index in [1.165, 1.54) is 27.8 Å². The monoisotopic (exact) mass is 261 g/mol. The average molecular weight is 261 g/mol. The summed E-state index contributed by atoms with van der Waals surface area (Å²) in [6.45, 7) is 4.28. The highest BCUT2D eigenvalue weighted by molar-refractivity contribution is 5.65. The smallest absolute Gasteiger partial charge is 0.0698 e. The molecular weight excluding hydrogens is 242 g/mol. The number of rotatable bonds is 2. The Balaban J connectivity index is 1.98. The Morgan fingerprint density at radius 2 is 1.70 bits per heavy atom. The molecule has 0 spiro atoms. The second-order valence-electron chi connectivity index (χ2n) is 5.33. The summed E-state index contributed by atoms with van der Waals surface area (Å²) < 4.78 is 0. The maximum absolute atomic E-state index is 3.46. The van der Waals surface area contributed by atoms with Crippen molar-refractivity contribution in [2.75, 3.05) is 0 Å². The molecule has 3 rings (SSSR count). The van der Waals surface area contributed by atoms with Gasteiger partial charge in [0.2, 0.25) is 0 Å². The van der Waals surface area contributed by atoms with E-state index in [1.54, 1.807) is 0 Å². The zero-order valence-corrected chi connectivity index (χ0v) is 11.9. The molecule has 1 N–H and O–H groups in total. The number of aryl methyl sites for hydroxylation is 1. The van der Waals surface area contributed by atoms with E-state index in [2.05, 4.69) is 86.0 Å². The van der Waals surface area contributed by atoms with Gasteiger partial charge in [0.1, 0.15) is 0 Å². The molecule has 1 heterocycles. The highest BCUT2D eigenvalue weighted by Gasteiger charge is 2.12. The van der Waals surface area contributed by atoms with Crippen LogP contribution >= 0.6 is 0 Å². The molecule has 1 atom stereocenters. The Morgan fingerprint density at radius 1 is 0.900 bits per heavy atom. The molecule has 1 heteroatoms. The Labute approximate surface area is 120 Å². The van der Waals surface area contributed by atoms with Gasteiger partial charge in [-0.3, -0.25) is 0 Å². The van der Waals surface area contributed by atoms with Crippen molar-refractivity contribution in [2.45, 2.75) is 19.9 Å². The summed E-state index contributed by atoms with van der Waals surface area (Å²) in [6, 6.07) is 17.5. The van der Waals surface area contributed by atoms with Crippen molar-refractivity contribution in [3.63, 3.8) is 0 Å². The molecule has 2 aromatic carbocycles. The molecule has 100 valence electrons. The Bertz CT molecular complexity index is 665. The highest BCUT2D eigenvalue weighted by Crippen LogP contribution is 2.28. The molecule has 0 aromatic heterocycles. The summed E-state index contributed by atoms with van der Waals surface area (Å²) in [5, 5.41) is 3.46. The van der Waals surface area contributed by atoms with Crippen LogP contribution in [0.5, 0.6) is 0 Å². The van der Waals surface area contributed by atoms with E-state index in [0.717, 1.165) is 0 Å². The molecule has 2 aromatic rings. The van der Waals surface area contributed by atoms with Crippen LogP contribution in [0.2, 0.25) is 0 Å². The molecule has 1 nitrogen and oxygen atoms in total. The zero-order valence-electron chi connectivity index (χ0n) is 11.9. The quantitative estimate of drug-likeness (QED) is 0.821. The molecule has 0 saturated heterocycles. The van der Waals surface area contributed by atoms with E-state index in [9.17, 15) is 0 Å².